The lowest BCUT2D eigenvalue weighted by atomic mass is 10.0. The fourth-order valence-electron chi connectivity index (χ4n) is 2.39. The van der Waals surface area contributed by atoms with Crippen molar-refractivity contribution in [1.29, 1.82) is 0 Å². The summed E-state index contributed by atoms with van der Waals surface area (Å²) < 4.78 is 0. The van der Waals surface area contributed by atoms with Gasteiger partial charge in [0.15, 0.2) is 0 Å². The van der Waals surface area contributed by atoms with Gasteiger partial charge in [-0.05, 0) is 17.7 Å². The van der Waals surface area contributed by atoms with Gasteiger partial charge < -0.3 is 42.7 Å². The van der Waals surface area contributed by atoms with Crippen molar-refractivity contribution in [2.45, 2.75) is 31.0 Å². The molecule has 0 aliphatic rings. The summed E-state index contributed by atoms with van der Waals surface area (Å²) in [5, 5.41) is 33.7. The number of hydrogen-bond acceptors (Lipinski definition) is 8. The molecular weight excluding hydrogens is 414 g/mol. The quantitative estimate of drug-likeness (QED) is 0.160. The summed E-state index contributed by atoms with van der Waals surface area (Å²) in [6.45, 7) is -1.47. The summed E-state index contributed by atoms with van der Waals surface area (Å²) in [6.07, 6.45) is -0.489. The zero-order valence-corrected chi connectivity index (χ0v) is 16.4. The molecular formula is C18H25N5O8. The van der Waals surface area contributed by atoms with Gasteiger partial charge in [-0.3, -0.25) is 19.2 Å². The fourth-order valence-corrected chi connectivity index (χ4v) is 2.39. The van der Waals surface area contributed by atoms with E-state index in [-0.39, 0.29) is 12.2 Å². The Labute approximate surface area is 176 Å². The Morgan fingerprint density at radius 1 is 0.968 bits per heavy atom. The summed E-state index contributed by atoms with van der Waals surface area (Å²) in [5.41, 5.74) is 11.1. The third kappa shape index (κ3) is 9.10. The van der Waals surface area contributed by atoms with Crippen molar-refractivity contribution >= 4 is 29.6 Å². The van der Waals surface area contributed by atoms with Gasteiger partial charge >= 0.3 is 5.97 Å². The highest BCUT2D eigenvalue weighted by molar-refractivity contribution is 5.94. The molecule has 0 spiro atoms. The summed E-state index contributed by atoms with van der Waals surface area (Å²) in [7, 11) is 0. The number of carbonyl (C=O) groups is 5. The van der Waals surface area contributed by atoms with Crippen molar-refractivity contribution in [3.05, 3.63) is 29.8 Å². The van der Waals surface area contributed by atoms with Crippen molar-refractivity contribution in [2.24, 2.45) is 11.5 Å². The Morgan fingerprint density at radius 3 is 2.10 bits per heavy atom. The largest absolute Gasteiger partial charge is 0.508 e. The van der Waals surface area contributed by atoms with Gasteiger partial charge in [0.25, 0.3) is 0 Å². The number of aliphatic hydroxyl groups excluding tert-OH is 1. The van der Waals surface area contributed by atoms with Gasteiger partial charge in [0.05, 0.1) is 25.6 Å². The van der Waals surface area contributed by atoms with Crippen LogP contribution in [0, 0.1) is 0 Å². The van der Waals surface area contributed by atoms with Crippen LogP contribution in [-0.2, 0) is 30.4 Å². The van der Waals surface area contributed by atoms with E-state index in [2.05, 4.69) is 10.6 Å². The smallest absolute Gasteiger partial charge is 0.328 e. The second-order valence-corrected chi connectivity index (χ2v) is 6.57. The van der Waals surface area contributed by atoms with E-state index in [9.17, 15) is 29.1 Å². The topological polar surface area (TPSA) is 234 Å². The highest BCUT2D eigenvalue weighted by atomic mass is 16.4. The number of benzene rings is 1. The molecule has 4 amide bonds. The highest BCUT2D eigenvalue weighted by Gasteiger charge is 2.26. The predicted octanol–water partition coefficient (Wildman–Crippen LogP) is -3.70. The predicted molar refractivity (Wildman–Crippen MR) is 105 cm³/mol. The SMILES string of the molecule is NC(=O)CC(N)C(=O)NC(Cc1ccc(O)cc1)C(=O)NCC(=O)NC(CO)C(=O)O. The Morgan fingerprint density at radius 2 is 1.58 bits per heavy atom. The molecule has 0 heterocycles. The van der Waals surface area contributed by atoms with Gasteiger partial charge in [0.2, 0.25) is 23.6 Å². The molecule has 170 valence electrons. The molecule has 0 fully saturated rings. The van der Waals surface area contributed by atoms with E-state index >= 15 is 0 Å². The number of carboxylic acid groups (broad SMARTS) is 1. The van der Waals surface area contributed by atoms with Gasteiger partial charge in [0, 0.05) is 6.42 Å². The van der Waals surface area contributed by atoms with E-state index in [1.165, 1.54) is 24.3 Å². The molecule has 0 aliphatic carbocycles. The molecule has 0 aliphatic heterocycles. The molecule has 0 aromatic heterocycles. The van der Waals surface area contributed by atoms with Crippen LogP contribution < -0.4 is 27.4 Å². The van der Waals surface area contributed by atoms with Gasteiger partial charge in [-0.25, -0.2) is 4.79 Å². The summed E-state index contributed by atoms with van der Waals surface area (Å²) in [5.74, 6) is -4.77. The van der Waals surface area contributed by atoms with E-state index in [1.54, 1.807) is 0 Å². The van der Waals surface area contributed by atoms with E-state index < -0.39 is 67.3 Å². The number of carboxylic acids is 1. The summed E-state index contributed by atoms with van der Waals surface area (Å²) >= 11 is 0. The second kappa shape index (κ2) is 12.1. The van der Waals surface area contributed by atoms with Crippen LogP contribution in [0.1, 0.15) is 12.0 Å². The minimum absolute atomic E-state index is 0.00851. The van der Waals surface area contributed by atoms with E-state index in [0.29, 0.717) is 5.56 Å². The van der Waals surface area contributed by atoms with E-state index in [1.807, 2.05) is 5.32 Å². The van der Waals surface area contributed by atoms with Gasteiger partial charge in [-0.15, -0.1) is 0 Å². The van der Waals surface area contributed by atoms with Gasteiger partial charge in [-0.2, -0.15) is 0 Å². The number of aromatic hydroxyl groups is 1. The first-order valence-corrected chi connectivity index (χ1v) is 9.06. The first-order chi connectivity index (χ1) is 14.5. The number of carbonyl (C=O) groups excluding carboxylic acids is 4. The molecule has 1 rings (SSSR count). The van der Waals surface area contributed by atoms with Crippen molar-refractivity contribution in [3.63, 3.8) is 0 Å². The summed E-state index contributed by atoms with van der Waals surface area (Å²) in [4.78, 5) is 58.3. The molecule has 0 saturated carbocycles. The Balaban J connectivity index is 2.83. The summed E-state index contributed by atoms with van der Waals surface area (Å²) in [6, 6.07) is 1.73. The molecule has 13 nitrogen and oxygen atoms in total. The third-order valence-corrected chi connectivity index (χ3v) is 4.01. The van der Waals surface area contributed by atoms with Crippen molar-refractivity contribution in [3.8, 4) is 5.75 Å². The van der Waals surface area contributed by atoms with Crippen LogP contribution in [0.2, 0.25) is 0 Å². The number of nitrogens with two attached hydrogens (primary N) is 2. The minimum atomic E-state index is -1.54. The number of phenols is 1. The van der Waals surface area contributed by atoms with Crippen molar-refractivity contribution in [1.82, 2.24) is 16.0 Å². The average molecular weight is 439 g/mol. The van der Waals surface area contributed by atoms with E-state index in [0.717, 1.165) is 0 Å². The minimum Gasteiger partial charge on any atom is -0.508 e. The number of phenolic OH excluding ortho intramolecular Hbond substituents is 1. The monoisotopic (exact) mass is 439 g/mol. The molecule has 0 radical (unpaired) electrons. The number of aliphatic carboxylic acids is 1. The third-order valence-electron chi connectivity index (χ3n) is 4.01. The Hall–Kier alpha value is -3.71. The number of hydrogen-bond donors (Lipinski definition) is 8. The van der Waals surface area contributed by atoms with Crippen LogP contribution in [-0.4, -0.2) is 76.2 Å². The lowest BCUT2D eigenvalue weighted by Gasteiger charge is -2.21. The average Bonchev–Trinajstić information content (AvgIpc) is 2.70. The van der Waals surface area contributed by atoms with Crippen LogP contribution in [0.4, 0.5) is 0 Å². The first kappa shape index (κ1) is 25.3. The lowest BCUT2D eigenvalue weighted by molar-refractivity contribution is -0.142. The zero-order chi connectivity index (χ0) is 23.6. The van der Waals surface area contributed by atoms with Crippen LogP contribution >= 0.6 is 0 Å². The normalized spacial score (nSPS) is 13.4. The fraction of sp³-hybridized carbons (Fsp3) is 0.389. The van der Waals surface area contributed by atoms with Crippen LogP contribution in [0.15, 0.2) is 24.3 Å². The maximum atomic E-state index is 12.5. The number of primary amides is 1. The Bertz CT molecular complexity index is 814. The first-order valence-electron chi connectivity index (χ1n) is 9.06. The standard InChI is InChI=1S/C18H25N5O8/c19-11(6-14(20)26)16(28)23-12(5-9-1-3-10(25)4-2-9)17(29)21-7-15(27)22-13(8-24)18(30)31/h1-4,11-13,24-25H,5-8,19H2,(H2,20,26)(H,21,29)(H,22,27)(H,23,28)(H,30,31). The lowest BCUT2D eigenvalue weighted by Crippen LogP contribution is -2.54. The second-order valence-electron chi connectivity index (χ2n) is 6.57. The highest BCUT2D eigenvalue weighted by Crippen LogP contribution is 2.11. The molecule has 13 heteroatoms. The molecule has 0 saturated heterocycles. The maximum absolute atomic E-state index is 12.5. The number of amides is 4. The number of aliphatic hydroxyl groups is 1. The number of nitrogens with one attached hydrogen (secondary N) is 3. The van der Waals surface area contributed by atoms with Crippen molar-refractivity contribution < 1.29 is 39.3 Å². The molecule has 31 heavy (non-hydrogen) atoms. The molecule has 1 aromatic carbocycles. The number of rotatable bonds is 12. The maximum Gasteiger partial charge on any atom is 0.328 e. The molecule has 3 unspecified atom stereocenters. The van der Waals surface area contributed by atoms with Gasteiger partial charge in [0.1, 0.15) is 17.8 Å². The molecule has 3 atom stereocenters. The van der Waals surface area contributed by atoms with Crippen LogP contribution in [0.3, 0.4) is 0 Å². The zero-order valence-electron chi connectivity index (χ0n) is 16.4. The van der Waals surface area contributed by atoms with Crippen molar-refractivity contribution in [2.75, 3.05) is 13.2 Å². The van der Waals surface area contributed by atoms with E-state index in [4.69, 9.17) is 21.7 Å². The van der Waals surface area contributed by atoms with Gasteiger partial charge in [-0.1, -0.05) is 12.1 Å². The van der Waals surface area contributed by atoms with Crippen LogP contribution in [0.25, 0.3) is 0 Å². The molecule has 0 bridgehead atoms. The molecule has 10 N–H and O–H groups in total. The molecule has 1 aromatic rings. The van der Waals surface area contributed by atoms with Crippen LogP contribution in [0.5, 0.6) is 5.75 Å². The Kier molecular flexibility index (Phi) is 9.88.